The maximum atomic E-state index is 6.42. The van der Waals surface area contributed by atoms with Crippen molar-refractivity contribution in [1.82, 2.24) is 0 Å². The lowest BCUT2D eigenvalue weighted by molar-refractivity contribution is 0.138. The number of unbranched alkanes of at least 4 members (excludes halogenated alkanes) is 15. The van der Waals surface area contributed by atoms with Crippen molar-refractivity contribution in [2.75, 3.05) is 0 Å². The number of rotatable bonds is 19. The molecule has 1 aliphatic heterocycles. The molecule has 0 aliphatic carbocycles. The Labute approximate surface area is 228 Å². The van der Waals surface area contributed by atoms with E-state index in [0.29, 0.717) is 0 Å². The van der Waals surface area contributed by atoms with E-state index >= 15 is 0 Å². The third kappa shape index (κ3) is 11.9. The van der Waals surface area contributed by atoms with Crippen LogP contribution >= 0.6 is 0 Å². The van der Waals surface area contributed by atoms with Crippen molar-refractivity contribution in [3.05, 3.63) is 71.3 Å². The van der Waals surface area contributed by atoms with Gasteiger partial charge in [0.05, 0.1) is 6.04 Å². The van der Waals surface area contributed by atoms with Crippen molar-refractivity contribution in [1.29, 1.82) is 0 Å². The molecule has 2 aromatic carbocycles. The maximum Gasteiger partial charge on any atom is 0.216 e. The van der Waals surface area contributed by atoms with Crippen molar-refractivity contribution in [2.45, 2.75) is 142 Å². The summed E-state index contributed by atoms with van der Waals surface area (Å²) in [5, 5.41) is 0. The van der Waals surface area contributed by atoms with Crippen molar-refractivity contribution >= 4 is 5.90 Å². The molecule has 2 aromatic rings. The Morgan fingerprint density at radius 2 is 1.16 bits per heavy atom. The van der Waals surface area contributed by atoms with Crippen LogP contribution in [0.15, 0.2) is 59.6 Å². The lowest BCUT2D eigenvalue weighted by Gasteiger charge is -2.29. The molecule has 0 spiro atoms. The second kappa shape index (κ2) is 18.2. The Kier molecular flexibility index (Phi) is 14.5. The number of benzene rings is 2. The van der Waals surface area contributed by atoms with Gasteiger partial charge in [-0.05, 0) is 37.5 Å². The van der Waals surface area contributed by atoms with Gasteiger partial charge in [-0.25, -0.2) is 4.99 Å². The smallest absolute Gasteiger partial charge is 0.216 e. The maximum absolute atomic E-state index is 6.42. The molecule has 2 atom stereocenters. The fourth-order valence-electron chi connectivity index (χ4n) is 5.50. The summed E-state index contributed by atoms with van der Waals surface area (Å²) < 4.78 is 6.42. The Hall–Kier alpha value is -2.09. The molecule has 2 heteroatoms. The van der Waals surface area contributed by atoms with Crippen LogP contribution in [0, 0.1) is 6.92 Å². The summed E-state index contributed by atoms with van der Waals surface area (Å²) in [6, 6.07) is 19.5. The lowest BCUT2D eigenvalue weighted by atomic mass is 9.95. The highest BCUT2D eigenvalue weighted by Gasteiger charge is 2.26. The summed E-state index contributed by atoms with van der Waals surface area (Å²) >= 11 is 0. The SMILES string of the molecule is CCCCCCCCCCCCCCCCCC[C@@H]1C[C@@H](c2ccc(C)cc2)N=C(c2ccccc2)O1. The topological polar surface area (TPSA) is 21.6 Å². The van der Waals surface area contributed by atoms with Gasteiger partial charge < -0.3 is 4.74 Å². The van der Waals surface area contributed by atoms with Crippen LogP contribution in [0.4, 0.5) is 0 Å². The highest BCUT2D eigenvalue weighted by atomic mass is 16.5. The van der Waals surface area contributed by atoms with Gasteiger partial charge in [-0.1, -0.05) is 151 Å². The average molecular weight is 504 g/mol. The second-order valence-corrected chi connectivity index (χ2v) is 11.3. The van der Waals surface area contributed by atoms with Crippen LogP contribution in [0.3, 0.4) is 0 Å². The molecule has 0 bridgehead atoms. The van der Waals surface area contributed by atoms with E-state index in [1.165, 1.54) is 114 Å². The van der Waals surface area contributed by atoms with Gasteiger partial charge in [0.1, 0.15) is 6.10 Å². The zero-order valence-electron chi connectivity index (χ0n) is 23.9. The predicted molar refractivity (Wildman–Crippen MR) is 161 cm³/mol. The molecule has 1 aliphatic rings. The zero-order chi connectivity index (χ0) is 26.0. The average Bonchev–Trinajstić information content (AvgIpc) is 2.93. The Morgan fingerprint density at radius 3 is 1.70 bits per heavy atom. The second-order valence-electron chi connectivity index (χ2n) is 11.3. The van der Waals surface area contributed by atoms with E-state index in [1.807, 2.05) is 0 Å². The summed E-state index contributed by atoms with van der Waals surface area (Å²) in [4.78, 5) is 5.02. The molecule has 0 amide bonds. The van der Waals surface area contributed by atoms with E-state index in [0.717, 1.165) is 24.3 Å². The van der Waals surface area contributed by atoms with Crippen LogP contribution in [0.25, 0.3) is 0 Å². The first-order valence-corrected chi connectivity index (χ1v) is 15.6. The minimum atomic E-state index is 0.190. The van der Waals surface area contributed by atoms with Crippen LogP contribution in [0.2, 0.25) is 0 Å². The molecule has 0 fully saturated rings. The molecule has 0 saturated carbocycles. The van der Waals surface area contributed by atoms with Crippen molar-refractivity contribution in [3.63, 3.8) is 0 Å². The molecular weight excluding hydrogens is 450 g/mol. The fourth-order valence-corrected chi connectivity index (χ4v) is 5.50. The number of hydrogen-bond acceptors (Lipinski definition) is 2. The molecule has 2 nitrogen and oxygen atoms in total. The summed E-state index contributed by atoms with van der Waals surface area (Å²) in [6.45, 7) is 4.44. The van der Waals surface area contributed by atoms with E-state index in [9.17, 15) is 0 Å². The monoisotopic (exact) mass is 503 g/mol. The molecule has 0 radical (unpaired) electrons. The van der Waals surface area contributed by atoms with Crippen molar-refractivity contribution < 1.29 is 4.74 Å². The summed E-state index contributed by atoms with van der Waals surface area (Å²) in [5.74, 6) is 0.818. The predicted octanol–water partition coefficient (Wildman–Crippen LogP) is 10.9. The summed E-state index contributed by atoms with van der Waals surface area (Å²) in [6.07, 6.45) is 24.9. The molecule has 0 aromatic heterocycles. The third-order valence-electron chi connectivity index (χ3n) is 7.90. The van der Waals surface area contributed by atoms with Gasteiger partial charge in [0.25, 0.3) is 0 Å². The van der Waals surface area contributed by atoms with Gasteiger partial charge in [0, 0.05) is 12.0 Å². The summed E-state index contributed by atoms with van der Waals surface area (Å²) in [5.41, 5.74) is 3.70. The number of ether oxygens (including phenoxy) is 1. The molecule has 0 unspecified atom stereocenters. The van der Waals surface area contributed by atoms with Gasteiger partial charge in [-0.2, -0.15) is 0 Å². The van der Waals surface area contributed by atoms with Crippen LogP contribution in [-0.4, -0.2) is 12.0 Å². The van der Waals surface area contributed by atoms with E-state index in [2.05, 4.69) is 68.4 Å². The Balaban J connectivity index is 1.27. The van der Waals surface area contributed by atoms with Crippen LogP contribution < -0.4 is 0 Å². The number of aliphatic imine (C=N–C) groups is 1. The molecular formula is C35H53NO. The third-order valence-corrected chi connectivity index (χ3v) is 7.90. The molecule has 0 N–H and O–H groups in total. The quantitative estimate of drug-likeness (QED) is 0.175. The molecule has 37 heavy (non-hydrogen) atoms. The van der Waals surface area contributed by atoms with E-state index in [1.54, 1.807) is 0 Å². The van der Waals surface area contributed by atoms with Gasteiger partial charge in [-0.15, -0.1) is 0 Å². The number of aryl methyl sites for hydroxylation is 1. The van der Waals surface area contributed by atoms with E-state index in [-0.39, 0.29) is 12.1 Å². The lowest BCUT2D eigenvalue weighted by Crippen LogP contribution is -2.27. The highest BCUT2D eigenvalue weighted by molar-refractivity contribution is 5.94. The molecule has 0 saturated heterocycles. The van der Waals surface area contributed by atoms with Crippen molar-refractivity contribution in [2.24, 2.45) is 4.99 Å². The largest absolute Gasteiger partial charge is 0.474 e. The fraction of sp³-hybridized carbons (Fsp3) is 0.629. The molecule has 3 rings (SSSR count). The first-order valence-electron chi connectivity index (χ1n) is 15.6. The van der Waals surface area contributed by atoms with Gasteiger partial charge >= 0.3 is 0 Å². The van der Waals surface area contributed by atoms with Gasteiger partial charge in [-0.3, -0.25) is 0 Å². The normalized spacial score (nSPS) is 17.4. The Bertz CT molecular complexity index is 857. The molecule has 1 heterocycles. The standard InChI is InChI=1S/C35H53NO/c1-3-4-5-6-7-8-9-10-11-12-13-14-15-16-17-21-24-33-29-34(31-27-25-30(2)26-28-31)36-35(37-33)32-22-19-18-20-23-32/h18-20,22-23,25-28,33-34H,3-17,21,24,29H2,1-2H3/t33-,34+/m1/s1. The van der Waals surface area contributed by atoms with E-state index in [4.69, 9.17) is 9.73 Å². The minimum Gasteiger partial charge on any atom is -0.474 e. The molecule has 204 valence electrons. The first kappa shape index (κ1) is 29.5. The van der Waals surface area contributed by atoms with Crippen molar-refractivity contribution in [3.8, 4) is 0 Å². The van der Waals surface area contributed by atoms with Crippen LogP contribution in [0.5, 0.6) is 0 Å². The first-order chi connectivity index (χ1) is 18.3. The van der Waals surface area contributed by atoms with Crippen LogP contribution in [0.1, 0.15) is 145 Å². The Morgan fingerprint density at radius 1 is 0.649 bits per heavy atom. The highest BCUT2D eigenvalue weighted by Crippen LogP contribution is 2.32. The number of hydrogen-bond donors (Lipinski definition) is 0. The number of nitrogens with zero attached hydrogens (tertiary/aromatic N) is 1. The minimum absolute atomic E-state index is 0.190. The summed E-state index contributed by atoms with van der Waals surface area (Å²) in [7, 11) is 0. The zero-order valence-corrected chi connectivity index (χ0v) is 23.9. The van der Waals surface area contributed by atoms with Crippen LogP contribution in [-0.2, 0) is 4.74 Å². The van der Waals surface area contributed by atoms with Gasteiger partial charge in [0.15, 0.2) is 0 Å². The van der Waals surface area contributed by atoms with Gasteiger partial charge in [0.2, 0.25) is 5.90 Å². The van der Waals surface area contributed by atoms with E-state index < -0.39 is 0 Å².